The zero-order valence-electron chi connectivity index (χ0n) is 11.8. The molecule has 0 aliphatic rings. The van der Waals surface area contributed by atoms with Crippen molar-refractivity contribution in [2.24, 2.45) is 0 Å². The average Bonchev–Trinajstić information content (AvgIpc) is 2.35. The SMILES string of the molecule is Cc1ccc(C(=O)Nc2cc(C)c(N)cc2C)c(Cl)c1. The smallest absolute Gasteiger partial charge is 0.257 e. The molecule has 0 saturated heterocycles. The number of hydrogen-bond acceptors (Lipinski definition) is 2. The highest BCUT2D eigenvalue weighted by atomic mass is 35.5. The van der Waals surface area contributed by atoms with Gasteiger partial charge in [-0.25, -0.2) is 0 Å². The van der Waals surface area contributed by atoms with Crippen molar-refractivity contribution in [3.05, 3.63) is 57.6 Å². The first kappa shape index (κ1) is 14.4. The number of amides is 1. The predicted octanol–water partition coefficient (Wildman–Crippen LogP) is 4.10. The second-order valence-electron chi connectivity index (χ2n) is 4.96. The summed E-state index contributed by atoms with van der Waals surface area (Å²) in [5, 5.41) is 3.33. The van der Waals surface area contributed by atoms with Crippen LogP contribution in [0.4, 0.5) is 11.4 Å². The second kappa shape index (κ2) is 5.55. The molecule has 20 heavy (non-hydrogen) atoms. The van der Waals surface area contributed by atoms with Crippen LogP contribution in [0.1, 0.15) is 27.0 Å². The molecule has 0 heterocycles. The zero-order chi connectivity index (χ0) is 14.9. The fourth-order valence-corrected chi connectivity index (χ4v) is 2.29. The van der Waals surface area contributed by atoms with E-state index in [-0.39, 0.29) is 5.91 Å². The Balaban J connectivity index is 2.30. The van der Waals surface area contributed by atoms with Crippen molar-refractivity contribution in [1.82, 2.24) is 0 Å². The molecular weight excluding hydrogens is 272 g/mol. The summed E-state index contributed by atoms with van der Waals surface area (Å²) in [6.07, 6.45) is 0. The van der Waals surface area contributed by atoms with E-state index in [1.807, 2.05) is 39.0 Å². The molecule has 2 rings (SSSR count). The number of nitrogen functional groups attached to an aromatic ring is 1. The third-order valence-corrected chi connectivity index (χ3v) is 3.54. The molecule has 2 aromatic carbocycles. The average molecular weight is 289 g/mol. The van der Waals surface area contributed by atoms with Crippen LogP contribution in [-0.4, -0.2) is 5.91 Å². The number of anilines is 2. The molecule has 0 fully saturated rings. The minimum atomic E-state index is -0.220. The van der Waals surface area contributed by atoms with E-state index in [1.54, 1.807) is 12.1 Å². The fraction of sp³-hybridized carbons (Fsp3) is 0.188. The van der Waals surface area contributed by atoms with Crippen LogP contribution in [0.5, 0.6) is 0 Å². The largest absolute Gasteiger partial charge is 0.399 e. The standard InChI is InChI=1S/C16H17ClN2O/c1-9-4-5-12(13(17)6-9)16(20)19-15-8-10(2)14(18)7-11(15)3/h4-8H,18H2,1-3H3,(H,19,20). The normalized spacial score (nSPS) is 10.4. The molecule has 104 valence electrons. The van der Waals surface area contributed by atoms with Gasteiger partial charge >= 0.3 is 0 Å². The first-order valence-electron chi connectivity index (χ1n) is 6.32. The lowest BCUT2D eigenvalue weighted by Gasteiger charge is -2.12. The van der Waals surface area contributed by atoms with Crippen molar-refractivity contribution >= 4 is 28.9 Å². The molecule has 0 atom stereocenters. The van der Waals surface area contributed by atoms with E-state index in [2.05, 4.69) is 5.32 Å². The van der Waals surface area contributed by atoms with Gasteiger partial charge in [0.15, 0.2) is 0 Å². The third kappa shape index (κ3) is 2.94. The van der Waals surface area contributed by atoms with E-state index in [0.29, 0.717) is 16.3 Å². The Labute approximate surface area is 123 Å². The van der Waals surface area contributed by atoms with E-state index in [4.69, 9.17) is 17.3 Å². The monoisotopic (exact) mass is 288 g/mol. The molecule has 0 aliphatic carbocycles. The molecule has 0 radical (unpaired) electrons. The third-order valence-electron chi connectivity index (χ3n) is 3.23. The molecule has 4 heteroatoms. The maximum Gasteiger partial charge on any atom is 0.257 e. The first-order chi connectivity index (χ1) is 9.38. The summed E-state index contributed by atoms with van der Waals surface area (Å²) in [6, 6.07) is 9.08. The minimum absolute atomic E-state index is 0.220. The van der Waals surface area contributed by atoms with Gasteiger partial charge < -0.3 is 11.1 Å². The van der Waals surface area contributed by atoms with Gasteiger partial charge in [-0.3, -0.25) is 4.79 Å². The van der Waals surface area contributed by atoms with Gasteiger partial charge in [0, 0.05) is 11.4 Å². The molecule has 1 amide bonds. The molecular formula is C16H17ClN2O. The van der Waals surface area contributed by atoms with Crippen molar-refractivity contribution in [2.45, 2.75) is 20.8 Å². The number of aryl methyl sites for hydroxylation is 3. The Hall–Kier alpha value is -2.00. The molecule has 0 bridgehead atoms. The van der Waals surface area contributed by atoms with Crippen LogP contribution in [0.15, 0.2) is 30.3 Å². The van der Waals surface area contributed by atoms with Crippen molar-refractivity contribution in [1.29, 1.82) is 0 Å². The van der Waals surface area contributed by atoms with E-state index >= 15 is 0 Å². The lowest BCUT2D eigenvalue weighted by Crippen LogP contribution is -2.13. The van der Waals surface area contributed by atoms with Gasteiger partial charge in [0.25, 0.3) is 5.91 Å². The summed E-state index contributed by atoms with van der Waals surface area (Å²) in [4.78, 5) is 12.3. The topological polar surface area (TPSA) is 55.1 Å². The highest BCUT2D eigenvalue weighted by molar-refractivity contribution is 6.34. The maximum absolute atomic E-state index is 12.3. The number of benzene rings is 2. The number of hydrogen-bond donors (Lipinski definition) is 2. The van der Waals surface area contributed by atoms with Gasteiger partial charge in [0.1, 0.15) is 0 Å². The predicted molar refractivity (Wildman–Crippen MR) is 84.5 cm³/mol. The highest BCUT2D eigenvalue weighted by Gasteiger charge is 2.12. The van der Waals surface area contributed by atoms with Crippen LogP contribution in [0, 0.1) is 20.8 Å². The second-order valence-corrected chi connectivity index (χ2v) is 5.37. The molecule has 0 unspecified atom stereocenters. The molecule has 0 aliphatic heterocycles. The fourth-order valence-electron chi connectivity index (χ4n) is 1.97. The summed E-state index contributed by atoms with van der Waals surface area (Å²) in [7, 11) is 0. The molecule has 2 aromatic rings. The summed E-state index contributed by atoms with van der Waals surface area (Å²) in [5.74, 6) is -0.220. The summed E-state index contributed by atoms with van der Waals surface area (Å²) in [6.45, 7) is 5.74. The quantitative estimate of drug-likeness (QED) is 0.818. The Morgan fingerprint density at radius 2 is 1.80 bits per heavy atom. The van der Waals surface area contributed by atoms with Crippen LogP contribution in [0.25, 0.3) is 0 Å². The van der Waals surface area contributed by atoms with Gasteiger partial charge in [-0.05, 0) is 61.7 Å². The van der Waals surface area contributed by atoms with Crippen LogP contribution >= 0.6 is 11.6 Å². The zero-order valence-corrected chi connectivity index (χ0v) is 12.5. The summed E-state index contributed by atoms with van der Waals surface area (Å²) >= 11 is 6.11. The van der Waals surface area contributed by atoms with Crippen LogP contribution < -0.4 is 11.1 Å². The van der Waals surface area contributed by atoms with Crippen molar-refractivity contribution in [2.75, 3.05) is 11.1 Å². The number of carbonyl (C=O) groups excluding carboxylic acids is 1. The van der Waals surface area contributed by atoms with Gasteiger partial charge in [-0.2, -0.15) is 0 Å². The number of halogens is 1. The first-order valence-corrected chi connectivity index (χ1v) is 6.70. The molecule has 0 aromatic heterocycles. The van der Waals surface area contributed by atoms with E-state index in [0.717, 1.165) is 22.4 Å². The van der Waals surface area contributed by atoms with E-state index in [1.165, 1.54) is 0 Å². The number of nitrogens with one attached hydrogen (secondary N) is 1. The maximum atomic E-state index is 12.3. The molecule has 0 spiro atoms. The number of nitrogens with two attached hydrogens (primary N) is 1. The molecule has 3 nitrogen and oxygen atoms in total. The van der Waals surface area contributed by atoms with E-state index < -0.39 is 0 Å². The summed E-state index contributed by atoms with van der Waals surface area (Å²) < 4.78 is 0. The molecule has 3 N–H and O–H groups in total. The van der Waals surface area contributed by atoms with Gasteiger partial charge in [-0.1, -0.05) is 17.7 Å². The number of rotatable bonds is 2. The van der Waals surface area contributed by atoms with Crippen LogP contribution in [0.2, 0.25) is 5.02 Å². The lowest BCUT2D eigenvalue weighted by molar-refractivity contribution is 0.102. The van der Waals surface area contributed by atoms with Crippen LogP contribution in [-0.2, 0) is 0 Å². The van der Waals surface area contributed by atoms with Gasteiger partial charge in [-0.15, -0.1) is 0 Å². The summed E-state index contributed by atoms with van der Waals surface area (Å²) in [5.41, 5.74) is 10.6. The van der Waals surface area contributed by atoms with Crippen molar-refractivity contribution < 1.29 is 4.79 Å². The Bertz CT molecular complexity index is 680. The van der Waals surface area contributed by atoms with E-state index in [9.17, 15) is 4.79 Å². The van der Waals surface area contributed by atoms with Crippen molar-refractivity contribution in [3.63, 3.8) is 0 Å². The van der Waals surface area contributed by atoms with Crippen LogP contribution in [0.3, 0.4) is 0 Å². The Morgan fingerprint density at radius 1 is 1.10 bits per heavy atom. The molecule has 0 saturated carbocycles. The Morgan fingerprint density at radius 3 is 2.45 bits per heavy atom. The Kier molecular flexibility index (Phi) is 4.00. The van der Waals surface area contributed by atoms with Crippen molar-refractivity contribution in [3.8, 4) is 0 Å². The van der Waals surface area contributed by atoms with Gasteiger partial charge in [0.05, 0.1) is 10.6 Å². The minimum Gasteiger partial charge on any atom is -0.399 e. The van der Waals surface area contributed by atoms with Gasteiger partial charge in [0.2, 0.25) is 0 Å². The lowest BCUT2D eigenvalue weighted by atomic mass is 10.1. The highest BCUT2D eigenvalue weighted by Crippen LogP contribution is 2.24. The number of carbonyl (C=O) groups is 1.